The van der Waals surface area contributed by atoms with Gasteiger partial charge in [0.25, 0.3) is 0 Å². The molecule has 0 amide bonds. The Hall–Kier alpha value is -1.37. The van der Waals surface area contributed by atoms with Crippen molar-refractivity contribution in [2.24, 2.45) is 5.92 Å². The number of nitrogens with zero attached hydrogens (tertiary/aromatic N) is 2. The molecule has 1 saturated heterocycles. The fraction of sp³-hybridized carbons (Fsp3) is 0.471. The van der Waals surface area contributed by atoms with Gasteiger partial charge in [-0.25, -0.2) is 9.37 Å². The van der Waals surface area contributed by atoms with Crippen LogP contribution in [0.2, 0.25) is 4.47 Å². The zero-order chi connectivity index (χ0) is 16.9. The molecule has 1 aliphatic rings. The Labute approximate surface area is 150 Å². The summed E-state index contributed by atoms with van der Waals surface area (Å²) in [5.74, 6) is 0.955. The van der Waals surface area contributed by atoms with E-state index in [2.05, 4.69) is 22.2 Å². The molecule has 7 heteroatoms. The number of halogens is 2. The molecule has 0 spiro atoms. The first-order chi connectivity index (χ1) is 11.6. The van der Waals surface area contributed by atoms with E-state index in [0.29, 0.717) is 35.0 Å². The van der Waals surface area contributed by atoms with E-state index in [1.165, 1.54) is 23.5 Å². The quantitative estimate of drug-likeness (QED) is 0.825. The minimum atomic E-state index is -0.286. The molecule has 0 unspecified atom stereocenters. The van der Waals surface area contributed by atoms with Crippen molar-refractivity contribution in [1.29, 1.82) is 0 Å². The van der Waals surface area contributed by atoms with Crippen molar-refractivity contribution in [2.75, 3.05) is 32.1 Å². The number of anilines is 1. The molecule has 0 atom stereocenters. The molecule has 3 rings (SSSR count). The van der Waals surface area contributed by atoms with Gasteiger partial charge in [-0.3, -0.25) is 0 Å². The van der Waals surface area contributed by atoms with Gasteiger partial charge in [-0.15, -0.1) is 11.3 Å². The van der Waals surface area contributed by atoms with E-state index in [4.69, 9.17) is 16.3 Å². The third-order valence-electron chi connectivity index (χ3n) is 4.23. The second kappa shape index (κ2) is 8.14. The summed E-state index contributed by atoms with van der Waals surface area (Å²) in [6.45, 7) is 3.42. The molecule has 2 aromatic rings. The van der Waals surface area contributed by atoms with Crippen LogP contribution in [0.1, 0.15) is 17.7 Å². The molecule has 1 fully saturated rings. The van der Waals surface area contributed by atoms with Crippen LogP contribution < -0.4 is 10.1 Å². The first-order valence-electron chi connectivity index (χ1n) is 8.05. The highest BCUT2D eigenvalue weighted by Gasteiger charge is 2.18. The van der Waals surface area contributed by atoms with Crippen LogP contribution in [0.25, 0.3) is 0 Å². The van der Waals surface area contributed by atoms with E-state index >= 15 is 0 Å². The normalized spacial score (nSPS) is 16.3. The molecular formula is C17H21ClFN3OS. The van der Waals surface area contributed by atoms with Gasteiger partial charge in [0.15, 0.2) is 4.47 Å². The highest BCUT2D eigenvalue weighted by atomic mass is 35.5. The summed E-state index contributed by atoms with van der Waals surface area (Å²) in [5, 5.41) is 3.22. The topological polar surface area (TPSA) is 37.4 Å². The van der Waals surface area contributed by atoms with Gasteiger partial charge in [0.1, 0.15) is 11.6 Å². The van der Waals surface area contributed by atoms with Gasteiger partial charge >= 0.3 is 0 Å². The average Bonchev–Trinajstić information content (AvgIpc) is 2.99. The number of piperidine rings is 1. The lowest BCUT2D eigenvalue weighted by Gasteiger charge is -2.29. The predicted molar refractivity (Wildman–Crippen MR) is 96.6 cm³/mol. The number of ether oxygens (including phenoxy) is 1. The van der Waals surface area contributed by atoms with Gasteiger partial charge < -0.3 is 15.0 Å². The SMILES string of the molecule is CN1CCC(COc2ccc(F)cc2NCc2cnc(Cl)s2)CC1. The number of hydrogen-bond acceptors (Lipinski definition) is 5. The van der Waals surface area contributed by atoms with Crippen molar-refractivity contribution < 1.29 is 9.13 Å². The second-order valence-corrected chi connectivity index (χ2v) is 7.83. The molecule has 1 N–H and O–H groups in total. The van der Waals surface area contributed by atoms with E-state index in [0.717, 1.165) is 30.8 Å². The first kappa shape index (κ1) is 17.5. The number of hydrogen-bond donors (Lipinski definition) is 1. The maximum Gasteiger partial charge on any atom is 0.183 e. The molecule has 24 heavy (non-hydrogen) atoms. The van der Waals surface area contributed by atoms with E-state index < -0.39 is 0 Å². The maximum atomic E-state index is 13.6. The van der Waals surface area contributed by atoms with Crippen LogP contribution in [-0.4, -0.2) is 36.6 Å². The lowest BCUT2D eigenvalue weighted by molar-refractivity contribution is 0.160. The monoisotopic (exact) mass is 369 g/mol. The van der Waals surface area contributed by atoms with Crippen molar-refractivity contribution in [1.82, 2.24) is 9.88 Å². The summed E-state index contributed by atoms with van der Waals surface area (Å²) in [6.07, 6.45) is 4.00. The van der Waals surface area contributed by atoms with Gasteiger partial charge in [0.2, 0.25) is 0 Å². The van der Waals surface area contributed by atoms with Crippen LogP contribution in [0.15, 0.2) is 24.4 Å². The molecule has 1 aromatic heterocycles. The van der Waals surface area contributed by atoms with Crippen LogP contribution in [-0.2, 0) is 6.54 Å². The Morgan fingerprint density at radius 3 is 2.92 bits per heavy atom. The predicted octanol–water partition coefficient (Wildman–Crippen LogP) is 4.27. The largest absolute Gasteiger partial charge is 0.491 e. The Morgan fingerprint density at radius 2 is 2.21 bits per heavy atom. The molecule has 0 radical (unpaired) electrons. The average molecular weight is 370 g/mol. The van der Waals surface area contributed by atoms with Crippen LogP contribution in [0.4, 0.5) is 10.1 Å². The molecule has 0 aliphatic carbocycles. The molecule has 0 bridgehead atoms. The van der Waals surface area contributed by atoms with Gasteiger partial charge in [-0.2, -0.15) is 0 Å². The van der Waals surface area contributed by atoms with Gasteiger partial charge in [0.05, 0.1) is 18.8 Å². The standard InChI is InChI=1S/C17H21ClFN3OS/c1-22-6-4-12(5-7-22)11-23-16-3-2-13(19)8-15(16)20-9-14-10-21-17(18)24-14/h2-3,8,10,12,20H,4-7,9,11H2,1H3. The summed E-state index contributed by atoms with van der Waals surface area (Å²) < 4.78 is 20.1. The van der Waals surface area contributed by atoms with Crippen LogP contribution in [0.3, 0.4) is 0 Å². The maximum absolute atomic E-state index is 13.6. The molecule has 2 heterocycles. The minimum Gasteiger partial charge on any atom is -0.491 e. The van der Waals surface area contributed by atoms with Crippen LogP contribution in [0, 0.1) is 11.7 Å². The number of benzene rings is 1. The zero-order valence-corrected chi connectivity index (χ0v) is 15.2. The lowest BCUT2D eigenvalue weighted by Crippen LogP contribution is -2.32. The Morgan fingerprint density at radius 1 is 1.42 bits per heavy atom. The molecule has 1 aromatic carbocycles. The van der Waals surface area contributed by atoms with Gasteiger partial charge in [-0.05, 0) is 51.0 Å². The number of thiazole rings is 1. The third-order valence-corrected chi connectivity index (χ3v) is 5.35. The highest BCUT2D eigenvalue weighted by molar-refractivity contribution is 7.15. The second-order valence-electron chi connectivity index (χ2n) is 6.13. The molecule has 0 saturated carbocycles. The zero-order valence-electron chi connectivity index (χ0n) is 13.6. The fourth-order valence-corrected chi connectivity index (χ4v) is 3.67. The fourth-order valence-electron chi connectivity index (χ4n) is 2.75. The highest BCUT2D eigenvalue weighted by Crippen LogP contribution is 2.28. The van der Waals surface area contributed by atoms with Crippen molar-refractivity contribution in [2.45, 2.75) is 19.4 Å². The number of nitrogens with one attached hydrogen (secondary N) is 1. The van der Waals surface area contributed by atoms with Crippen molar-refractivity contribution in [3.63, 3.8) is 0 Å². The summed E-state index contributed by atoms with van der Waals surface area (Å²) in [7, 11) is 2.14. The van der Waals surface area contributed by atoms with Crippen LogP contribution >= 0.6 is 22.9 Å². The summed E-state index contributed by atoms with van der Waals surface area (Å²) in [5.41, 5.74) is 0.660. The number of rotatable bonds is 6. The van der Waals surface area contributed by atoms with E-state index in [-0.39, 0.29) is 5.82 Å². The summed E-state index contributed by atoms with van der Waals surface area (Å²) >= 11 is 7.24. The lowest BCUT2D eigenvalue weighted by atomic mass is 9.98. The first-order valence-corrected chi connectivity index (χ1v) is 9.24. The molecule has 130 valence electrons. The Kier molecular flexibility index (Phi) is 5.92. The van der Waals surface area contributed by atoms with Crippen molar-refractivity contribution in [3.05, 3.63) is 39.6 Å². The molecular weight excluding hydrogens is 349 g/mol. The van der Waals surface area contributed by atoms with Crippen molar-refractivity contribution in [3.8, 4) is 5.75 Å². The van der Waals surface area contributed by atoms with E-state index in [9.17, 15) is 4.39 Å². The summed E-state index contributed by atoms with van der Waals surface area (Å²) in [6, 6.07) is 4.58. The van der Waals surface area contributed by atoms with Crippen LogP contribution in [0.5, 0.6) is 5.75 Å². The number of aromatic nitrogens is 1. The minimum absolute atomic E-state index is 0.286. The van der Waals surface area contributed by atoms with Crippen molar-refractivity contribution >= 4 is 28.6 Å². The van der Waals surface area contributed by atoms with Gasteiger partial charge in [-0.1, -0.05) is 11.6 Å². The van der Waals surface area contributed by atoms with E-state index in [1.54, 1.807) is 12.3 Å². The summed E-state index contributed by atoms with van der Waals surface area (Å²) in [4.78, 5) is 7.33. The Balaban J connectivity index is 1.60. The molecule has 4 nitrogen and oxygen atoms in total. The molecule has 1 aliphatic heterocycles. The van der Waals surface area contributed by atoms with Gasteiger partial charge in [0, 0.05) is 17.1 Å². The number of likely N-dealkylation sites (tertiary alicyclic amines) is 1. The third kappa shape index (κ3) is 4.82. The smallest absolute Gasteiger partial charge is 0.183 e. The van der Waals surface area contributed by atoms with E-state index in [1.807, 2.05) is 0 Å². The Bertz CT molecular complexity index is 674.